The van der Waals surface area contributed by atoms with Gasteiger partial charge < -0.3 is 20.4 Å². The summed E-state index contributed by atoms with van der Waals surface area (Å²) in [5, 5.41) is 3.20. The molecule has 0 atom stereocenters. The average molecular weight is 342 g/mol. The van der Waals surface area contributed by atoms with Gasteiger partial charge in [-0.15, -0.1) is 0 Å². The monoisotopic (exact) mass is 342 g/mol. The third-order valence-electron chi connectivity index (χ3n) is 4.25. The molecule has 0 unspecified atom stereocenters. The van der Waals surface area contributed by atoms with E-state index in [0.29, 0.717) is 12.5 Å². The van der Waals surface area contributed by atoms with Crippen LogP contribution < -0.4 is 11.1 Å². The number of benzene rings is 1. The second-order valence-corrected chi connectivity index (χ2v) is 6.03. The molecule has 0 saturated carbocycles. The Balaban J connectivity index is 1.45. The van der Waals surface area contributed by atoms with E-state index in [1.807, 2.05) is 22.9 Å². The SMILES string of the molecule is NC(=NCc1ccccc1-n1ccnc1)NCCCN1CCOCC1. The number of aliphatic imine (C=N–C) groups is 1. The van der Waals surface area contributed by atoms with Gasteiger partial charge in [-0.05, 0) is 24.6 Å². The second-order valence-electron chi connectivity index (χ2n) is 6.03. The highest BCUT2D eigenvalue weighted by Crippen LogP contribution is 2.14. The number of imidazole rings is 1. The lowest BCUT2D eigenvalue weighted by molar-refractivity contribution is 0.0376. The lowest BCUT2D eigenvalue weighted by Gasteiger charge is -2.26. The molecule has 1 aromatic heterocycles. The molecule has 134 valence electrons. The van der Waals surface area contributed by atoms with Crippen molar-refractivity contribution in [3.63, 3.8) is 0 Å². The molecule has 0 bridgehead atoms. The third-order valence-corrected chi connectivity index (χ3v) is 4.25. The van der Waals surface area contributed by atoms with Crippen molar-refractivity contribution in [1.82, 2.24) is 19.8 Å². The highest BCUT2D eigenvalue weighted by molar-refractivity contribution is 5.77. The summed E-state index contributed by atoms with van der Waals surface area (Å²) in [7, 11) is 0. The Morgan fingerprint density at radius 2 is 2.12 bits per heavy atom. The van der Waals surface area contributed by atoms with E-state index in [9.17, 15) is 0 Å². The number of guanidine groups is 1. The number of hydrogen-bond acceptors (Lipinski definition) is 4. The molecular formula is C18H26N6O. The standard InChI is InChI=1S/C18H26N6O/c19-18(21-6-3-8-23-10-12-25-13-11-23)22-14-16-4-1-2-5-17(16)24-9-7-20-15-24/h1-2,4-5,7,9,15H,3,6,8,10-14H2,(H3,19,21,22). The van der Waals surface area contributed by atoms with Crippen molar-refractivity contribution >= 4 is 5.96 Å². The number of nitrogens with two attached hydrogens (primary N) is 1. The lowest BCUT2D eigenvalue weighted by atomic mass is 10.2. The van der Waals surface area contributed by atoms with Gasteiger partial charge in [0.2, 0.25) is 0 Å². The van der Waals surface area contributed by atoms with Crippen molar-refractivity contribution in [1.29, 1.82) is 0 Å². The quantitative estimate of drug-likeness (QED) is 0.446. The number of nitrogens with zero attached hydrogens (tertiary/aromatic N) is 4. The van der Waals surface area contributed by atoms with Crippen LogP contribution in [0.3, 0.4) is 0 Å². The first-order valence-corrected chi connectivity index (χ1v) is 8.73. The summed E-state index contributed by atoms with van der Waals surface area (Å²) in [5.41, 5.74) is 8.18. The van der Waals surface area contributed by atoms with E-state index in [-0.39, 0.29) is 0 Å². The summed E-state index contributed by atoms with van der Waals surface area (Å²) in [6.07, 6.45) is 6.53. The van der Waals surface area contributed by atoms with Crippen LogP contribution in [0.5, 0.6) is 0 Å². The van der Waals surface area contributed by atoms with Crippen molar-refractivity contribution in [3.8, 4) is 5.69 Å². The lowest BCUT2D eigenvalue weighted by Crippen LogP contribution is -2.39. The van der Waals surface area contributed by atoms with Crippen molar-refractivity contribution in [2.75, 3.05) is 39.4 Å². The third kappa shape index (κ3) is 5.30. The van der Waals surface area contributed by atoms with Gasteiger partial charge in [0.05, 0.1) is 31.8 Å². The van der Waals surface area contributed by atoms with Crippen LogP contribution in [-0.2, 0) is 11.3 Å². The van der Waals surface area contributed by atoms with E-state index in [1.165, 1.54) is 0 Å². The molecule has 2 aromatic rings. The van der Waals surface area contributed by atoms with E-state index in [4.69, 9.17) is 10.5 Å². The van der Waals surface area contributed by atoms with Gasteiger partial charge in [-0.2, -0.15) is 0 Å². The Bertz CT molecular complexity index is 664. The van der Waals surface area contributed by atoms with E-state index >= 15 is 0 Å². The van der Waals surface area contributed by atoms with Crippen LogP contribution in [0.1, 0.15) is 12.0 Å². The van der Waals surface area contributed by atoms with Gasteiger partial charge in [0.1, 0.15) is 0 Å². The van der Waals surface area contributed by atoms with Gasteiger partial charge in [-0.3, -0.25) is 4.90 Å². The van der Waals surface area contributed by atoms with E-state index < -0.39 is 0 Å². The molecule has 1 aliphatic heterocycles. The van der Waals surface area contributed by atoms with E-state index in [2.05, 4.69) is 32.3 Å². The average Bonchev–Trinajstić information content (AvgIpc) is 3.19. The van der Waals surface area contributed by atoms with Crippen molar-refractivity contribution < 1.29 is 4.74 Å². The predicted octanol–water partition coefficient (Wildman–Crippen LogP) is 0.999. The molecule has 1 aliphatic rings. The maximum Gasteiger partial charge on any atom is 0.188 e. The molecule has 25 heavy (non-hydrogen) atoms. The Kier molecular flexibility index (Phi) is 6.42. The summed E-state index contributed by atoms with van der Waals surface area (Å²) >= 11 is 0. The number of nitrogens with one attached hydrogen (secondary N) is 1. The molecule has 7 nitrogen and oxygen atoms in total. The fraction of sp³-hybridized carbons (Fsp3) is 0.444. The minimum atomic E-state index is 0.488. The van der Waals surface area contributed by atoms with Crippen LogP contribution in [0.2, 0.25) is 0 Å². The van der Waals surface area contributed by atoms with Crippen molar-refractivity contribution in [3.05, 3.63) is 48.5 Å². The largest absolute Gasteiger partial charge is 0.379 e. The maximum absolute atomic E-state index is 6.00. The van der Waals surface area contributed by atoms with Gasteiger partial charge in [0.15, 0.2) is 5.96 Å². The van der Waals surface area contributed by atoms with Gasteiger partial charge >= 0.3 is 0 Å². The van der Waals surface area contributed by atoms with Crippen LogP contribution in [0, 0.1) is 0 Å². The Labute approximate surface area is 148 Å². The molecule has 0 aliphatic carbocycles. The van der Waals surface area contributed by atoms with Gasteiger partial charge in [0, 0.05) is 32.0 Å². The zero-order valence-corrected chi connectivity index (χ0v) is 14.5. The molecular weight excluding hydrogens is 316 g/mol. The van der Waals surface area contributed by atoms with Crippen LogP contribution >= 0.6 is 0 Å². The van der Waals surface area contributed by atoms with Gasteiger partial charge in [-0.1, -0.05) is 18.2 Å². The van der Waals surface area contributed by atoms with Gasteiger partial charge in [0.25, 0.3) is 0 Å². The predicted molar refractivity (Wildman–Crippen MR) is 98.8 cm³/mol. The highest BCUT2D eigenvalue weighted by atomic mass is 16.5. The fourth-order valence-electron chi connectivity index (χ4n) is 2.87. The summed E-state index contributed by atoms with van der Waals surface area (Å²) in [4.78, 5) is 11.0. The van der Waals surface area contributed by atoms with Crippen molar-refractivity contribution in [2.45, 2.75) is 13.0 Å². The molecule has 7 heteroatoms. The van der Waals surface area contributed by atoms with Crippen LogP contribution in [0.25, 0.3) is 5.69 Å². The minimum Gasteiger partial charge on any atom is -0.379 e. The smallest absolute Gasteiger partial charge is 0.188 e. The highest BCUT2D eigenvalue weighted by Gasteiger charge is 2.09. The first-order valence-electron chi connectivity index (χ1n) is 8.73. The first kappa shape index (κ1) is 17.4. The van der Waals surface area contributed by atoms with E-state index in [1.54, 1.807) is 12.5 Å². The number of para-hydroxylation sites is 1. The van der Waals surface area contributed by atoms with E-state index in [0.717, 1.165) is 57.1 Å². The fourth-order valence-corrected chi connectivity index (χ4v) is 2.87. The van der Waals surface area contributed by atoms with Crippen LogP contribution in [-0.4, -0.2) is 59.8 Å². The number of rotatable bonds is 7. The number of aromatic nitrogens is 2. The molecule has 3 rings (SSSR count). The molecule has 1 saturated heterocycles. The van der Waals surface area contributed by atoms with Crippen LogP contribution in [0.4, 0.5) is 0 Å². The molecule has 0 amide bonds. The Hall–Kier alpha value is -2.38. The van der Waals surface area contributed by atoms with Crippen LogP contribution in [0.15, 0.2) is 48.0 Å². The summed E-state index contributed by atoms with van der Waals surface area (Å²) in [6.45, 7) is 6.16. The minimum absolute atomic E-state index is 0.488. The molecule has 2 heterocycles. The second kappa shape index (κ2) is 9.19. The summed E-state index contributed by atoms with van der Waals surface area (Å²) in [5.74, 6) is 0.488. The Morgan fingerprint density at radius 1 is 1.28 bits per heavy atom. The molecule has 1 fully saturated rings. The Morgan fingerprint density at radius 3 is 2.92 bits per heavy atom. The normalized spacial score (nSPS) is 16.1. The topological polar surface area (TPSA) is 80.7 Å². The molecule has 0 spiro atoms. The zero-order valence-electron chi connectivity index (χ0n) is 14.5. The number of ether oxygens (including phenoxy) is 1. The summed E-state index contributed by atoms with van der Waals surface area (Å²) < 4.78 is 7.34. The molecule has 1 aromatic carbocycles. The zero-order chi connectivity index (χ0) is 17.3. The summed E-state index contributed by atoms with van der Waals surface area (Å²) in [6, 6.07) is 8.13. The van der Waals surface area contributed by atoms with Crippen molar-refractivity contribution in [2.24, 2.45) is 10.7 Å². The first-order chi connectivity index (χ1) is 12.3. The number of hydrogen-bond donors (Lipinski definition) is 2. The van der Waals surface area contributed by atoms with Gasteiger partial charge in [-0.25, -0.2) is 9.98 Å². The molecule has 0 radical (unpaired) electrons. The number of morpholine rings is 1. The maximum atomic E-state index is 6.00. The molecule has 3 N–H and O–H groups in total.